The van der Waals surface area contributed by atoms with E-state index in [2.05, 4.69) is 5.32 Å². The average molecular weight is 522 g/mol. The smallest absolute Gasteiger partial charge is 0.242 e. The molecule has 0 spiro atoms. The van der Waals surface area contributed by atoms with E-state index in [1.165, 1.54) is 9.21 Å². The Bertz CT molecular complexity index is 1150. The molecular weight excluding hydrogens is 486 g/mol. The van der Waals surface area contributed by atoms with Gasteiger partial charge in [-0.2, -0.15) is 0 Å². The molecule has 0 aliphatic heterocycles. The summed E-state index contributed by atoms with van der Waals surface area (Å²) in [6.07, 6.45) is 1.53. The van der Waals surface area contributed by atoms with E-state index in [9.17, 15) is 18.0 Å². The lowest BCUT2D eigenvalue weighted by Crippen LogP contribution is -2.52. The van der Waals surface area contributed by atoms with Crippen molar-refractivity contribution in [2.75, 3.05) is 17.1 Å². The van der Waals surface area contributed by atoms with E-state index in [1.807, 2.05) is 45.9 Å². The summed E-state index contributed by atoms with van der Waals surface area (Å²) < 4.78 is 26.2. The fourth-order valence-electron chi connectivity index (χ4n) is 3.65. The Balaban J connectivity index is 2.20. The predicted molar refractivity (Wildman–Crippen MR) is 142 cm³/mol. The number of sulfonamides is 1. The number of anilines is 1. The van der Waals surface area contributed by atoms with E-state index in [0.29, 0.717) is 17.1 Å². The monoisotopic (exact) mass is 521 g/mol. The van der Waals surface area contributed by atoms with Crippen LogP contribution in [0.25, 0.3) is 0 Å². The van der Waals surface area contributed by atoms with Gasteiger partial charge in [0.25, 0.3) is 0 Å². The molecule has 1 atom stereocenters. The largest absolute Gasteiger partial charge is 0.350 e. The summed E-state index contributed by atoms with van der Waals surface area (Å²) in [5.41, 5.74) is 1.78. The molecule has 0 radical (unpaired) electrons. The van der Waals surface area contributed by atoms with Crippen LogP contribution in [0.2, 0.25) is 5.02 Å². The standard InChI is InChI=1S/C26H36ClN3O4S/c1-19-11-9-13-22(17-19)30(35(6,33)34)16-10-15-24(31)29(18-21-12-7-8-14-23(21)27)20(2)25(32)28-26(3,4)5/h7-9,11-14,17,20H,10,15-16,18H2,1-6H3,(H,28,32). The van der Waals surface area contributed by atoms with Crippen LogP contribution < -0.4 is 9.62 Å². The van der Waals surface area contributed by atoms with E-state index in [-0.39, 0.29) is 31.3 Å². The third-order valence-corrected chi connectivity index (χ3v) is 6.97. The summed E-state index contributed by atoms with van der Waals surface area (Å²) >= 11 is 6.33. The molecular formula is C26H36ClN3O4S. The first-order chi connectivity index (χ1) is 16.2. The van der Waals surface area contributed by atoms with E-state index in [1.54, 1.807) is 37.3 Å². The van der Waals surface area contributed by atoms with Crippen LogP contribution in [0.3, 0.4) is 0 Å². The van der Waals surface area contributed by atoms with Gasteiger partial charge in [0.2, 0.25) is 21.8 Å². The van der Waals surface area contributed by atoms with Gasteiger partial charge in [-0.3, -0.25) is 13.9 Å². The topological polar surface area (TPSA) is 86.8 Å². The number of carbonyl (C=O) groups is 2. The highest BCUT2D eigenvalue weighted by atomic mass is 35.5. The van der Waals surface area contributed by atoms with Crippen molar-refractivity contribution in [2.45, 2.75) is 65.6 Å². The van der Waals surface area contributed by atoms with Crippen LogP contribution in [0, 0.1) is 6.92 Å². The third-order valence-electron chi connectivity index (χ3n) is 5.41. The number of halogens is 1. The Hall–Kier alpha value is -2.58. The van der Waals surface area contributed by atoms with Crippen molar-refractivity contribution in [3.8, 4) is 0 Å². The molecule has 0 aliphatic rings. The molecule has 1 N–H and O–H groups in total. The predicted octanol–water partition coefficient (Wildman–Crippen LogP) is 4.53. The molecule has 0 aliphatic carbocycles. The minimum atomic E-state index is -3.53. The molecule has 1 unspecified atom stereocenters. The maximum Gasteiger partial charge on any atom is 0.242 e. The van der Waals surface area contributed by atoms with Gasteiger partial charge in [-0.05, 0) is 70.4 Å². The van der Waals surface area contributed by atoms with Crippen LogP contribution in [-0.4, -0.2) is 49.5 Å². The van der Waals surface area contributed by atoms with Gasteiger partial charge in [0, 0.05) is 30.1 Å². The second kappa shape index (κ2) is 11.9. The normalized spacial score (nSPS) is 12.7. The number of carbonyl (C=O) groups excluding carboxylic acids is 2. The molecule has 0 fully saturated rings. The summed E-state index contributed by atoms with van der Waals surface area (Å²) in [7, 11) is -3.53. The lowest BCUT2D eigenvalue weighted by Gasteiger charge is -2.32. The first-order valence-electron chi connectivity index (χ1n) is 11.6. The van der Waals surface area contributed by atoms with Crippen LogP contribution in [-0.2, 0) is 26.2 Å². The molecule has 35 heavy (non-hydrogen) atoms. The van der Waals surface area contributed by atoms with Crippen LogP contribution in [0.4, 0.5) is 5.69 Å². The molecule has 0 saturated heterocycles. The highest BCUT2D eigenvalue weighted by Crippen LogP contribution is 2.22. The molecule has 2 amide bonds. The zero-order valence-electron chi connectivity index (χ0n) is 21.3. The molecule has 0 heterocycles. The van der Waals surface area contributed by atoms with E-state index >= 15 is 0 Å². The molecule has 2 aromatic rings. The van der Waals surface area contributed by atoms with Crippen molar-refractivity contribution in [1.29, 1.82) is 0 Å². The van der Waals surface area contributed by atoms with Gasteiger partial charge < -0.3 is 10.2 Å². The van der Waals surface area contributed by atoms with Crippen molar-refractivity contribution in [3.63, 3.8) is 0 Å². The van der Waals surface area contributed by atoms with Gasteiger partial charge in [0.1, 0.15) is 6.04 Å². The first kappa shape index (κ1) is 28.7. The Kier molecular flexibility index (Phi) is 9.75. The Labute approximate surface area is 214 Å². The highest BCUT2D eigenvalue weighted by molar-refractivity contribution is 7.92. The fourth-order valence-corrected chi connectivity index (χ4v) is 4.81. The number of benzene rings is 2. The number of nitrogens with one attached hydrogen (secondary N) is 1. The number of hydrogen-bond donors (Lipinski definition) is 1. The van der Waals surface area contributed by atoms with Gasteiger partial charge in [0.15, 0.2) is 0 Å². The second-order valence-electron chi connectivity index (χ2n) is 9.81. The van der Waals surface area contributed by atoms with E-state index in [4.69, 9.17) is 11.6 Å². The lowest BCUT2D eigenvalue weighted by molar-refractivity contribution is -0.141. The van der Waals surface area contributed by atoms with E-state index in [0.717, 1.165) is 17.4 Å². The van der Waals surface area contributed by atoms with Crippen molar-refractivity contribution in [3.05, 3.63) is 64.7 Å². The molecule has 2 aromatic carbocycles. The maximum absolute atomic E-state index is 13.3. The zero-order valence-corrected chi connectivity index (χ0v) is 22.9. The second-order valence-corrected chi connectivity index (χ2v) is 12.1. The Morgan fingerprint density at radius 1 is 1.09 bits per heavy atom. The van der Waals surface area contributed by atoms with Gasteiger partial charge in [-0.1, -0.05) is 41.9 Å². The highest BCUT2D eigenvalue weighted by Gasteiger charge is 2.29. The summed E-state index contributed by atoms with van der Waals surface area (Å²) in [5, 5.41) is 3.43. The molecule has 0 saturated carbocycles. The van der Waals surface area contributed by atoms with Gasteiger partial charge >= 0.3 is 0 Å². The van der Waals surface area contributed by atoms with Crippen molar-refractivity contribution in [2.24, 2.45) is 0 Å². The summed E-state index contributed by atoms with van der Waals surface area (Å²) in [4.78, 5) is 27.7. The van der Waals surface area contributed by atoms with Crippen molar-refractivity contribution in [1.82, 2.24) is 10.2 Å². The minimum absolute atomic E-state index is 0.0788. The van der Waals surface area contributed by atoms with Crippen LogP contribution in [0.1, 0.15) is 51.7 Å². The lowest BCUT2D eigenvalue weighted by atomic mass is 10.1. The molecule has 2 rings (SSSR count). The Morgan fingerprint density at radius 2 is 1.74 bits per heavy atom. The summed E-state index contributed by atoms with van der Waals surface area (Å²) in [6, 6.07) is 13.7. The Morgan fingerprint density at radius 3 is 2.31 bits per heavy atom. The van der Waals surface area contributed by atoms with Crippen LogP contribution in [0.5, 0.6) is 0 Å². The van der Waals surface area contributed by atoms with Crippen molar-refractivity contribution < 1.29 is 18.0 Å². The van der Waals surface area contributed by atoms with Crippen molar-refractivity contribution >= 4 is 39.1 Å². The number of nitrogens with zero attached hydrogens (tertiary/aromatic N) is 2. The fraction of sp³-hybridized carbons (Fsp3) is 0.462. The zero-order chi connectivity index (χ0) is 26.4. The molecule has 0 bridgehead atoms. The van der Waals surface area contributed by atoms with Crippen LogP contribution in [0.15, 0.2) is 48.5 Å². The quantitative estimate of drug-likeness (QED) is 0.497. The van der Waals surface area contributed by atoms with Gasteiger partial charge in [-0.15, -0.1) is 0 Å². The number of aryl methyl sites for hydroxylation is 1. The molecule has 192 valence electrons. The van der Waals surface area contributed by atoms with Gasteiger partial charge in [0.05, 0.1) is 11.9 Å². The average Bonchev–Trinajstić information content (AvgIpc) is 2.73. The van der Waals surface area contributed by atoms with E-state index < -0.39 is 21.6 Å². The molecule has 7 nitrogen and oxygen atoms in total. The maximum atomic E-state index is 13.3. The minimum Gasteiger partial charge on any atom is -0.350 e. The number of hydrogen-bond acceptors (Lipinski definition) is 4. The van der Waals surface area contributed by atoms with Gasteiger partial charge in [-0.25, -0.2) is 8.42 Å². The molecule has 9 heteroatoms. The first-order valence-corrected chi connectivity index (χ1v) is 13.8. The number of amides is 2. The SMILES string of the molecule is Cc1cccc(N(CCCC(=O)N(Cc2ccccc2Cl)C(C)C(=O)NC(C)(C)C)S(C)(=O)=O)c1. The summed E-state index contributed by atoms with van der Waals surface area (Å²) in [5.74, 6) is -0.519. The summed E-state index contributed by atoms with van der Waals surface area (Å²) in [6.45, 7) is 9.53. The number of rotatable bonds is 10. The third kappa shape index (κ3) is 8.85. The molecule has 0 aromatic heterocycles. The van der Waals surface area contributed by atoms with Crippen LogP contribution >= 0.6 is 11.6 Å².